The molecule has 30 heavy (non-hydrogen) atoms. The number of nitrogens with one attached hydrogen (secondary N) is 1. The Labute approximate surface area is 179 Å². The van der Waals surface area contributed by atoms with Crippen LogP contribution < -0.4 is 15.2 Å². The smallest absolute Gasteiger partial charge is 0.244 e. The summed E-state index contributed by atoms with van der Waals surface area (Å²) in [5.74, 6) is 0.938. The number of ether oxygens (including phenoxy) is 2. The molecule has 4 rings (SSSR count). The van der Waals surface area contributed by atoms with Gasteiger partial charge in [-0.2, -0.15) is 5.26 Å². The number of nitrogens with zero attached hydrogens (tertiary/aromatic N) is 2. The van der Waals surface area contributed by atoms with E-state index in [0.29, 0.717) is 18.1 Å². The Balaban J connectivity index is 1.79. The first-order valence-corrected chi connectivity index (χ1v) is 10.9. The maximum atomic E-state index is 9.82. The quantitative estimate of drug-likeness (QED) is 0.558. The van der Waals surface area contributed by atoms with E-state index in [9.17, 15) is 5.26 Å². The molecule has 0 saturated heterocycles. The zero-order valence-corrected chi connectivity index (χ0v) is 17.6. The molecule has 1 aromatic heterocycles. The topological polar surface area (TPSA) is 97.0 Å². The van der Waals surface area contributed by atoms with E-state index in [1.165, 1.54) is 0 Å². The maximum Gasteiger partial charge on any atom is 0.244 e. The fourth-order valence-electron chi connectivity index (χ4n) is 3.53. The van der Waals surface area contributed by atoms with Crippen molar-refractivity contribution in [3.63, 3.8) is 0 Å². The van der Waals surface area contributed by atoms with Crippen molar-refractivity contribution >= 4 is 11.8 Å². The molecule has 0 saturated carbocycles. The fourth-order valence-corrected chi connectivity index (χ4v) is 3.94. The van der Waals surface area contributed by atoms with Gasteiger partial charge in [0.1, 0.15) is 17.4 Å². The lowest BCUT2D eigenvalue weighted by Gasteiger charge is -2.24. The lowest BCUT2D eigenvalue weighted by Crippen LogP contribution is -2.20. The van der Waals surface area contributed by atoms with E-state index in [1.807, 2.05) is 54.8 Å². The maximum absolute atomic E-state index is 9.82. The second-order valence-corrected chi connectivity index (χ2v) is 7.77. The van der Waals surface area contributed by atoms with Gasteiger partial charge < -0.3 is 15.2 Å². The van der Waals surface area contributed by atoms with Crippen LogP contribution in [0.4, 0.5) is 0 Å². The third-order valence-electron chi connectivity index (χ3n) is 5.00. The monoisotopic (exact) mass is 418 g/mol. The van der Waals surface area contributed by atoms with Crippen LogP contribution in [0.25, 0.3) is 11.3 Å². The van der Waals surface area contributed by atoms with Crippen LogP contribution >= 0.6 is 11.8 Å². The van der Waals surface area contributed by atoms with Crippen molar-refractivity contribution in [1.29, 1.82) is 5.26 Å². The van der Waals surface area contributed by atoms with E-state index in [2.05, 4.69) is 23.2 Å². The molecule has 0 unspecified atom stereocenters. The number of hydrogen-bond acceptors (Lipinski definition) is 6. The zero-order valence-electron chi connectivity index (χ0n) is 16.8. The summed E-state index contributed by atoms with van der Waals surface area (Å²) in [7, 11) is 0. The van der Waals surface area contributed by atoms with E-state index in [-0.39, 0.29) is 11.8 Å². The fraction of sp³-hybridized carbons (Fsp3) is 0.217. The van der Waals surface area contributed by atoms with Gasteiger partial charge in [-0.25, -0.2) is 0 Å². The van der Waals surface area contributed by atoms with Crippen molar-refractivity contribution in [2.45, 2.75) is 24.2 Å². The number of benzene rings is 2. The lowest BCUT2D eigenvalue weighted by atomic mass is 9.83. The minimum atomic E-state index is -0.362. The number of H-pyrrole nitrogens is 1. The minimum Gasteiger partial charge on any atom is -0.494 e. The molecule has 6 nitrogen and oxygen atoms in total. The van der Waals surface area contributed by atoms with Crippen LogP contribution in [-0.4, -0.2) is 23.1 Å². The van der Waals surface area contributed by atoms with Gasteiger partial charge in [-0.3, -0.25) is 5.10 Å². The molecule has 0 bridgehead atoms. The third-order valence-corrected chi connectivity index (χ3v) is 5.75. The number of aromatic amines is 1. The van der Waals surface area contributed by atoms with E-state index in [4.69, 9.17) is 15.2 Å². The van der Waals surface area contributed by atoms with Gasteiger partial charge in [0, 0.05) is 10.5 Å². The molecule has 0 radical (unpaired) electrons. The molecule has 0 spiro atoms. The van der Waals surface area contributed by atoms with E-state index in [1.54, 1.807) is 11.8 Å². The molecule has 3 aromatic rings. The van der Waals surface area contributed by atoms with Gasteiger partial charge in [-0.1, -0.05) is 19.1 Å². The normalized spacial score (nSPS) is 15.3. The molecule has 1 atom stereocenters. The summed E-state index contributed by atoms with van der Waals surface area (Å²) in [5, 5.41) is 17.2. The summed E-state index contributed by atoms with van der Waals surface area (Å²) in [6.45, 7) is 2.75. The molecule has 2 heterocycles. The van der Waals surface area contributed by atoms with Gasteiger partial charge in [0.15, 0.2) is 0 Å². The van der Waals surface area contributed by atoms with Crippen molar-refractivity contribution in [2.24, 2.45) is 5.73 Å². The summed E-state index contributed by atoms with van der Waals surface area (Å²) in [4.78, 5) is 1.15. The van der Waals surface area contributed by atoms with Gasteiger partial charge in [0.05, 0.1) is 23.8 Å². The number of aromatic nitrogens is 2. The molecular weight excluding hydrogens is 396 g/mol. The molecule has 2 aromatic carbocycles. The lowest BCUT2D eigenvalue weighted by molar-refractivity contribution is 0.317. The Hall–Kier alpha value is -3.37. The van der Waals surface area contributed by atoms with Crippen LogP contribution in [0.15, 0.2) is 64.9 Å². The molecule has 0 amide bonds. The van der Waals surface area contributed by atoms with Gasteiger partial charge in [-0.05, 0) is 54.6 Å². The number of nitriles is 1. The summed E-state index contributed by atoms with van der Waals surface area (Å²) in [6, 6.07) is 18.2. The minimum absolute atomic E-state index is 0.0882. The average Bonchev–Trinajstić information content (AvgIpc) is 3.20. The van der Waals surface area contributed by atoms with E-state index < -0.39 is 0 Å². The number of rotatable bonds is 6. The molecule has 3 N–H and O–H groups in total. The number of fused-ring (bicyclic) bond motifs is 1. The Bertz CT molecular complexity index is 1110. The number of nitrogens with two attached hydrogens (primary N) is 1. The predicted molar refractivity (Wildman–Crippen MR) is 117 cm³/mol. The summed E-state index contributed by atoms with van der Waals surface area (Å²) < 4.78 is 11.4. The summed E-state index contributed by atoms with van der Waals surface area (Å²) in [6.07, 6.45) is 2.98. The molecule has 152 valence electrons. The van der Waals surface area contributed by atoms with Crippen LogP contribution in [-0.2, 0) is 0 Å². The summed E-state index contributed by atoms with van der Waals surface area (Å²) >= 11 is 1.67. The molecule has 1 aliphatic heterocycles. The van der Waals surface area contributed by atoms with Gasteiger partial charge in [0.2, 0.25) is 11.8 Å². The Morgan fingerprint density at radius 1 is 1.20 bits per heavy atom. The number of allylic oxidation sites excluding steroid dienone is 1. The van der Waals surface area contributed by atoms with Crippen LogP contribution in [0.3, 0.4) is 0 Å². The highest BCUT2D eigenvalue weighted by Crippen LogP contribution is 2.45. The highest BCUT2D eigenvalue weighted by Gasteiger charge is 2.35. The first kappa shape index (κ1) is 19.9. The average molecular weight is 419 g/mol. The largest absolute Gasteiger partial charge is 0.494 e. The highest BCUT2D eigenvalue weighted by molar-refractivity contribution is 7.98. The van der Waals surface area contributed by atoms with Crippen molar-refractivity contribution in [2.75, 3.05) is 12.9 Å². The van der Waals surface area contributed by atoms with Crippen LogP contribution in [0.2, 0.25) is 0 Å². The van der Waals surface area contributed by atoms with Crippen molar-refractivity contribution < 1.29 is 9.47 Å². The second kappa shape index (κ2) is 8.56. The summed E-state index contributed by atoms with van der Waals surface area (Å²) in [5.41, 5.74) is 9.94. The molecule has 0 aliphatic carbocycles. The molecule has 1 aliphatic rings. The van der Waals surface area contributed by atoms with E-state index >= 15 is 0 Å². The first-order chi connectivity index (χ1) is 14.7. The van der Waals surface area contributed by atoms with Crippen molar-refractivity contribution in [3.8, 4) is 29.0 Å². The molecular formula is C23H22N4O2S. The molecule has 0 fully saturated rings. The molecule has 7 heteroatoms. The van der Waals surface area contributed by atoms with Crippen molar-refractivity contribution in [1.82, 2.24) is 10.2 Å². The Kier molecular flexibility index (Phi) is 5.68. The zero-order chi connectivity index (χ0) is 21.1. The van der Waals surface area contributed by atoms with Gasteiger partial charge in [0.25, 0.3) is 0 Å². The Morgan fingerprint density at radius 3 is 2.57 bits per heavy atom. The number of hydrogen-bond donors (Lipinski definition) is 2. The van der Waals surface area contributed by atoms with Gasteiger partial charge in [-0.15, -0.1) is 16.9 Å². The second-order valence-electron chi connectivity index (χ2n) is 6.89. The Morgan fingerprint density at radius 2 is 1.93 bits per heavy atom. The third kappa shape index (κ3) is 3.62. The first-order valence-electron chi connectivity index (χ1n) is 9.69. The van der Waals surface area contributed by atoms with Gasteiger partial charge >= 0.3 is 0 Å². The predicted octanol–water partition coefficient (Wildman–Crippen LogP) is 4.81. The number of thioether (sulfide) groups is 1. The standard InChI is InChI=1S/C23H22N4O2S/c1-3-12-28-16-8-4-15(5-9-16)21-20-19(14-6-10-17(30-2)11-7-14)18(13-24)22(25)29-23(20)27-26-21/h4-11,19H,3,12,25H2,1-2H3,(H,26,27)/t19-/m1/s1. The van der Waals surface area contributed by atoms with Crippen LogP contribution in [0.5, 0.6) is 11.6 Å². The van der Waals surface area contributed by atoms with E-state index in [0.717, 1.165) is 39.5 Å². The SMILES string of the molecule is CCCOc1ccc(-c2[nH]nc3c2[C@H](c2ccc(SC)cc2)C(C#N)=C(N)O3)cc1. The highest BCUT2D eigenvalue weighted by atomic mass is 32.2. The van der Waals surface area contributed by atoms with Crippen LogP contribution in [0, 0.1) is 11.3 Å². The van der Waals surface area contributed by atoms with Crippen molar-refractivity contribution in [3.05, 3.63) is 71.1 Å². The van der Waals surface area contributed by atoms with Crippen LogP contribution in [0.1, 0.15) is 30.4 Å².